The summed E-state index contributed by atoms with van der Waals surface area (Å²) in [5.74, 6) is 0.565. The van der Waals surface area contributed by atoms with Gasteiger partial charge in [0, 0.05) is 5.56 Å². The van der Waals surface area contributed by atoms with Crippen LogP contribution in [0.2, 0.25) is 0 Å². The molecule has 2 unspecified atom stereocenters. The Labute approximate surface area is 193 Å². The number of hydrogen-bond donors (Lipinski definition) is 1. The second kappa shape index (κ2) is 11.1. The Kier molecular flexibility index (Phi) is 9.28. The van der Waals surface area contributed by atoms with Crippen LogP contribution >= 0.6 is 0 Å². The van der Waals surface area contributed by atoms with Gasteiger partial charge in [0.25, 0.3) is 0 Å². The SMILES string of the molecule is CCC1(C)/C=C\CCCCCCCCCC(C)(CC)c2cc(C(C)(C)C)cc(c2O)C1. The normalized spacial score (nSPS) is 28.1. The molecule has 31 heavy (non-hydrogen) atoms. The molecule has 2 atom stereocenters. The van der Waals surface area contributed by atoms with Crippen molar-refractivity contribution in [2.24, 2.45) is 5.41 Å². The number of phenolic OH excluding ortho intramolecular Hbond substituents is 1. The Morgan fingerprint density at radius 2 is 1.48 bits per heavy atom. The van der Waals surface area contributed by atoms with E-state index in [9.17, 15) is 5.11 Å². The first kappa shape index (κ1) is 26.0. The highest BCUT2D eigenvalue weighted by atomic mass is 16.3. The van der Waals surface area contributed by atoms with Crippen molar-refractivity contribution in [3.05, 3.63) is 41.0 Å². The Hall–Kier alpha value is -1.24. The van der Waals surface area contributed by atoms with E-state index >= 15 is 0 Å². The third kappa shape index (κ3) is 7.13. The average molecular weight is 427 g/mol. The first-order valence-corrected chi connectivity index (χ1v) is 13.1. The second-order valence-corrected chi connectivity index (χ2v) is 11.8. The smallest absolute Gasteiger partial charge is 0.122 e. The van der Waals surface area contributed by atoms with Crippen LogP contribution in [-0.4, -0.2) is 5.11 Å². The molecule has 0 radical (unpaired) electrons. The maximum atomic E-state index is 11.6. The number of allylic oxidation sites excluding steroid dienone is 2. The molecular weight excluding hydrogens is 376 g/mol. The van der Waals surface area contributed by atoms with Gasteiger partial charge in [0.05, 0.1) is 0 Å². The Morgan fingerprint density at radius 1 is 0.871 bits per heavy atom. The van der Waals surface area contributed by atoms with E-state index < -0.39 is 0 Å². The van der Waals surface area contributed by atoms with Crippen LogP contribution in [0.5, 0.6) is 5.75 Å². The number of phenols is 1. The summed E-state index contributed by atoms with van der Waals surface area (Å²) in [4.78, 5) is 0. The maximum Gasteiger partial charge on any atom is 0.122 e. The largest absolute Gasteiger partial charge is 0.507 e. The lowest BCUT2D eigenvalue weighted by Gasteiger charge is -2.34. The molecule has 0 spiro atoms. The van der Waals surface area contributed by atoms with Gasteiger partial charge in [-0.3, -0.25) is 0 Å². The zero-order valence-electron chi connectivity index (χ0n) is 21.7. The van der Waals surface area contributed by atoms with Gasteiger partial charge in [-0.15, -0.1) is 0 Å². The first-order valence-electron chi connectivity index (χ1n) is 13.1. The molecular formula is C30H50O. The van der Waals surface area contributed by atoms with Gasteiger partial charge < -0.3 is 5.11 Å². The fraction of sp³-hybridized carbons (Fsp3) is 0.733. The average Bonchev–Trinajstić information content (AvgIpc) is 2.72. The molecule has 1 aliphatic carbocycles. The molecule has 1 aromatic rings. The van der Waals surface area contributed by atoms with Crippen molar-refractivity contribution in [1.29, 1.82) is 0 Å². The summed E-state index contributed by atoms with van der Waals surface area (Å²) < 4.78 is 0. The zero-order valence-corrected chi connectivity index (χ0v) is 21.7. The van der Waals surface area contributed by atoms with Gasteiger partial charge in [0.15, 0.2) is 0 Å². The van der Waals surface area contributed by atoms with Gasteiger partial charge in [-0.25, -0.2) is 0 Å². The fourth-order valence-corrected chi connectivity index (χ4v) is 4.99. The van der Waals surface area contributed by atoms with E-state index in [4.69, 9.17) is 0 Å². The molecule has 0 amide bonds. The molecule has 1 N–H and O–H groups in total. The third-order valence-electron chi connectivity index (χ3n) is 8.01. The second-order valence-electron chi connectivity index (χ2n) is 11.8. The Bertz CT molecular complexity index is 723. The molecule has 0 aromatic heterocycles. The number of rotatable bonds is 2. The van der Waals surface area contributed by atoms with Gasteiger partial charge >= 0.3 is 0 Å². The lowest BCUT2D eigenvalue weighted by molar-refractivity contribution is 0.358. The molecule has 0 fully saturated rings. The van der Waals surface area contributed by atoms with Crippen molar-refractivity contribution in [2.75, 3.05) is 0 Å². The lowest BCUT2D eigenvalue weighted by atomic mass is 9.71. The van der Waals surface area contributed by atoms with E-state index in [1.807, 2.05) is 0 Å². The standard InChI is InChI=1S/C30H50O/c1-8-29(6)19-17-15-13-11-10-12-14-16-18-20-30(7,9-2)26-22-25(28(3,4)5)21-24(23-29)27(26)31/h17,19,21-22,31H,8-16,18,20,23H2,1-7H3/b19-17-. The van der Waals surface area contributed by atoms with E-state index in [0.717, 1.165) is 31.2 Å². The van der Waals surface area contributed by atoms with Crippen molar-refractivity contribution in [1.82, 2.24) is 0 Å². The number of aromatic hydroxyl groups is 1. The van der Waals surface area contributed by atoms with Crippen LogP contribution in [0.4, 0.5) is 0 Å². The number of hydrogen-bond acceptors (Lipinski definition) is 1. The van der Waals surface area contributed by atoms with Gasteiger partial charge in [-0.05, 0) is 65.9 Å². The molecule has 0 saturated heterocycles. The van der Waals surface area contributed by atoms with Crippen molar-refractivity contribution >= 4 is 0 Å². The first-order chi connectivity index (χ1) is 14.5. The van der Waals surface area contributed by atoms with Crippen LogP contribution < -0.4 is 0 Å². The van der Waals surface area contributed by atoms with Crippen LogP contribution in [0.15, 0.2) is 24.3 Å². The summed E-state index contributed by atoms with van der Waals surface area (Å²) >= 11 is 0. The molecule has 0 heterocycles. The van der Waals surface area contributed by atoms with Crippen LogP contribution in [-0.2, 0) is 17.3 Å². The van der Waals surface area contributed by atoms with Gasteiger partial charge in [0.1, 0.15) is 5.75 Å². The predicted octanol–water partition coefficient (Wildman–Crippen LogP) is 9.40. The van der Waals surface area contributed by atoms with Crippen molar-refractivity contribution in [3.8, 4) is 5.75 Å². The third-order valence-corrected chi connectivity index (χ3v) is 8.01. The number of benzene rings is 1. The molecule has 1 nitrogen and oxygen atoms in total. The summed E-state index contributed by atoms with van der Waals surface area (Å²) in [5, 5.41) is 11.6. The monoisotopic (exact) mass is 426 g/mol. The van der Waals surface area contributed by atoms with Crippen molar-refractivity contribution in [2.45, 2.75) is 136 Å². The highest BCUT2D eigenvalue weighted by Gasteiger charge is 2.32. The minimum absolute atomic E-state index is 0.0342. The minimum Gasteiger partial charge on any atom is -0.507 e. The van der Waals surface area contributed by atoms with Crippen LogP contribution in [0.25, 0.3) is 0 Å². The predicted molar refractivity (Wildman–Crippen MR) is 137 cm³/mol. The molecule has 2 rings (SSSR count). The van der Waals surface area contributed by atoms with E-state index in [1.165, 1.54) is 62.5 Å². The summed E-state index contributed by atoms with van der Waals surface area (Å²) in [7, 11) is 0. The van der Waals surface area contributed by atoms with Crippen molar-refractivity contribution in [3.63, 3.8) is 0 Å². The van der Waals surface area contributed by atoms with E-state index in [-0.39, 0.29) is 16.2 Å². The maximum absolute atomic E-state index is 11.6. The van der Waals surface area contributed by atoms with Gasteiger partial charge in [-0.1, -0.05) is 111 Å². The van der Waals surface area contributed by atoms with Crippen LogP contribution in [0.3, 0.4) is 0 Å². The number of fused-ring (bicyclic) bond motifs is 2. The molecule has 0 saturated carbocycles. The van der Waals surface area contributed by atoms with Gasteiger partial charge in [0.2, 0.25) is 0 Å². The minimum atomic E-state index is 0.0342. The molecule has 176 valence electrons. The lowest BCUT2D eigenvalue weighted by Crippen LogP contribution is -2.24. The van der Waals surface area contributed by atoms with Crippen LogP contribution in [0, 0.1) is 5.41 Å². The van der Waals surface area contributed by atoms with E-state index in [0.29, 0.717) is 5.75 Å². The van der Waals surface area contributed by atoms with Crippen molar-refractivity contribution < 1.29 is 5.11 Å². The molecule has 1 heteroatoms. The molecule has 2 bridgehead atoms. The van der Waals surface area contributed by atoms with Gasteiger partial charge in [-0.2, -0.15) is 0 Å². The van der Waals surface area contributed by atoms with Crippen LogP contribution in [0.1, 0.15) is 136 Å². The Balaban J connectivity index is 2.56. The Morgan fingerprint density at radius 3 is 2.06 bits per heavy atom. The molecule has 1 aromatic carbocycles. The fourth-order valence-electron chi connectivity index (χ4n) is 4.99. The molecule has 0 aliphatic heterocycles. The van der Waals surface area contributed by atoms with E-state index in [1.54, 1.807) is 0 Å². The quantitative estimate of drug-likeness (QED) is 0.467. The topological polar surface area (TPSA) is 20.2 Å². The summed E-state index contributed by atoms with van der Waals surface area (Å²) in [5.41, 5.74) is 3.87. The van der Waals surface area contributed by atoms with E-state index in [2.05, 4.69) is 72.8 Å². The molecule has 1 aliphatic rings. The summed E-state index contributed by atoms with van der Waals surface area (Å²) in [6, 6.07) is 4.63. The zero-order chi connectivity index (χ0) is 23.1. The summed E-state index contributed by atoms with van der Waals surface area (Å²) in [6.45, 7) is 16.2. The highest BCUT2D eigenvalue weighted by molar-refractivity contribution is 5.50. The summed E-state index contributed by atoms with van der Waals surface area (Å²) in [6.07, 6.45) is 19.6. The highest BCUT2D eigenvalue weighted by Crippen LogP contribution is 2.44.